The van der Waals surface area contributed by atoms with E-state index in [0.29, 0.717) is 23.1 Å². The molecule has 35 heavy (non-hydrogen) atoms. The molecule has 0 bridgehead atoms. The Hall–Kier alpha value is -1.86. The van der Waals surface area contributed by atoms with E-state index in [-0.39, 0.29) is 18.0 Å². The van der Waals surface area contributed by atoms with E-state index in [1.165, 1.54) is 16.8 Å². The summed E-state index contributed by atoms with van der Waals surface area (Å²) in [7, 11) is 0. The number of rotatable bonds is 8. The van der Waals surface area contributed by atoms with Crippen molar-refractivity contribution >= 4 is 78.2 Å². The first kappa shape index (κ1) is 26.2. The average Bonchev–Trinajstić information content (AvgIpc) is 2.82. The van der Waals surface area contributed by atoms with E-state index in [4.69, 9.17) is 9.72 Å². The van der Waals surface area contributed by atoms with Crippen LogP contribution in [0.15, 0.2) is 69.0 Å². The van der Waals surface area contributed by atoms with E-state index >= 15 is 0 Å². The molecular weight excluding hydrogens is 739 g/mol. The second-order valence-corrected chi connectivity index (χ2v) is 11.1. The predicted octanol–water partition coefficient (Wildman–Crippen LogP) is 7.31. The number of aryl methyl sites for hydroxylation is 1. The van der Waals surface area contributed by atoms with Crippen LogP contribution in [0.1, 0.15) is 36.7 Å². The summed E-state index contributed by atoms with van der Waals surface area (Å²) in [5.74, 6) is 1.08. The Kier molecular flexibility index (Phi) is 8.92. The molecule has 0 atom stereocenters. The fraction of sp³-hybridized carbons (Fsp3) is 0.192. The van der Waals surface area contributed by atoms with Gasteiger partial charge < -0.3 is 4.74 Å². The summed E-state index contributed by atoms with van der Waals surface area (Å²) >= 11 is 7.86. The van der Waals surface area contributed by atoms with Gasteiger partial charge in [0.25, 0.3) is 5.56 Å². The molecule has 1 heterocycles. The number of halogens is 4. The zero-order chi connectivity index (χ0) is 24.9. The Balaban J connectivity index is 1.64. The number of hydrogen-bond acceptors (Lipinski definition) is 4. The van der Waals surface area contributed by atoms with E-state index in [9.17, 15) is 9.18 Å². The first-order chi connectivity index (χ1) is 16.9. The fourth-order valence-electron chi connectivity index (χ4n) is 3.51. The monoisotopic (exact) mass is 759 g/mol. The topological polar surface area (TPSA) is 56.5 Å². The first-order valence-electron chi connectivity index (χ1n) is 11.0. The maximum absolute atomic E-state index is 13.5. The number of ether oxygens (including phenoxy) is 1. The number of fused-ring (bicyclic) bond motifs is 1. The molecule has 0 unspecified atom stereocenters. The van der Waals surface area contributed by atoms with Gasteiger partial charge in [-0.05, 0) is 105 Å². The smallest absolute Gasteiger partial charge is 0.282 e. The zero-order valence-electron chi connectivity index (χ0n) is 18.8. The average molecular weight is 760 g/mol. The third-order valence-corrected chi connectivity index (χ3v) is 7.34. The van der Waals surface area contributed by atoms with Crippen molar-refractivity contribution in [2.75, 3.05) is 0 Å². The highest BCUT2D eigenvalue weighted by atomic mass is 127. The maximum atomic E-state index is 13.5. The lowest BCUT2D eigenvalue weighted by atomic mass is 10.2. The van der Waals surface area contributed by atoms with Crippen LogP contribution in [-0.4, -0.2) is 15.9 Å². The summed E-state index contributed by atoms with van der Waals surface area (Å²) in [6, 6.07) is 15.7. The highest BCUT2D eigenvalue weighted by Crippen LogP contribution is 2.29. The van der Waals surface area contributed by atoms with Gasteiger partial charge >= 0.3 is 0 Å². The van der Waals surface area contributed by atoms with Gasteiger partial charge in [0.1, 0.15) is 24.0 Å². The summed E-state index contributed by atoms with van der Waals surface area (Å²) in [6.45, 7) is 2.37. The predicted molar refractivity (Wildman–Crippen MR) is 158 cm³/mol. The van der Waals surface area contributed by atoms with Crippen molar-refractivity contribution in [2.24, 2.45) is 5.10 Å². The van der Waals surface area contributed by atoms with Crippen LogP contribution in [0.2, 0.25) is 0 Å². The van der Waals surface area contributed by atoms with Gasteiger partial charge in [-0.1, -0.05) is 41.4 Å². The summed E-state index contributed by atoms with van der Waals surface area (Å²) in [4.78, 5) is 18.0. The molecule has 3 aromatic carbocycles. The summed E-state index contributed by atoms with van der Waals surface area (Å²) < 4.78 is 23.4. The van der Waals surface area contributed by atoms with Crippen molar-refractivity contribution < 1.29 is 9.13 Å². The Morgan fingerprint density at radius 3 is 2.63 bits per heavy atom. The molecule has 0 spiro atoms. The lowest BCUT2D eigenvalue weighted by Crippen LogP contribution is -2.22. The molecule has 0 saturated carbocycles. The summed E-state index contributed by atoms with van der Waals surface area (Å²) in [5.41, 5.74) is 2.06. The highest BCUT2D eigenvalue weighted by molar-refractivity contribution is 14.1. The summed E-state index contributed by atoms with van der Waals surface area (Å²) in [6.07, 6.45) is 4.24. The van der Waals surface area contributed by atoms with Crippen LogP contribution in [0, 0.1) is 13.0 Å². The molecule has 0 radical (unpaired) electrons. The fourth-order valence-corrected chi connectivity index (χ4v) is 6.00. The molecule has 0 aliphatic heterocycles. The Labute approximate surface area is 238 Å². The molecule has 0 amide bonds. The lowest BCUT2D eigenvalue weighted by molar-refractivity contribution is 0.301. The Morgan fingerprint density at radius 1 is 1.14 bits per heavy atom. The van der Waals surface area contributed by atoms with Crippen LogP contribution < -0.4 is 10.3 Å². The van der Waals surface area contributed by atoms with Crippen LogP contribution >= 0.6 is 61.1 Å². The highest BCUT2D eigenvalue weighted by Gasteiger charge is 2.12. The molecule has 0 fully saturated rings. The van der Waals surface area contributed by atoms with Crippen LogP contribution in [-0.2, 0) is 13.0 Å². The second kappa shape index (κ2) is 11.9. The lowest BCUT2D eigenvalue weighted by Gasteiger charge is -2.12. The molecule has 1 aromatic heterocycles. The van der Waals surface area contributed by atoms with Gasteiger partial charge in [-0.2, -0.15) is 9.78 Å². The molecule has 0 saturated heterocycles. The van der Waals surface area contributed by atoms with E-state index in [2.05, 4.69) is 73.1 Å². The number of hydrogen-bond donors (Lipinski definition) is 0. The van der Waals surface area contributed by atoms with Gasteiger partial charge in [0.05, 0.1) is 24.3 Å². The normalized spacial score (nSPS) is 11.5. The molecule has 0 aliphatic rings. The zero-order valence-corrected chi connectivity index (χ0v) is 24.7. The standard InChI is InChI=1S/C26H21BrFI2N3O2/c1-2-3-7-24-32-23-9-8-18(27)13-20(23)26(34)33(24)31-14-17-11-21(29)25(22(30)12-17)35-15-16-5-4-6-19(28)10-16/h4-6,8-14H,2-3,7,15H2,1H3. The molecule has 4 rings (SSSR count). The Morgan fingerprint density at radius 2 is 1.91 bits per heavy atom. The maximum Gasteiger partial charge on any atom is 0.282 e. The van der Waals surface area contributed by atoms with E-state index in [1.807, 2.05) is 30.3 Å². The number of nitrogens with zero attached hydrogens (tertiary/aromatic N) is 3. The second-order valence-electron chi connectivity index (χ2n) is 7.89. The van der Waals surface area contributed by atoms with Crippen molar-refractivity contribution in [3.8, 4) is 5.75 Å². The van der Waals surface area contributed by atoms with Crippen LogP contribution in [0.5, 0.6) is 5.75 Å². The Bertz CT molecular complexity index is 1450. The van der Waals surface area contributed by atoms with Gasteiger partial charge in [-0.25, -0.2) is 9.37 Å². The van der Waals surface area contributed by atoms with Gasteiger partial charge in [0.15, 0.2) is 0 Å². The number of benzene rings is 3. The largest absolute Gasteiger partial charge is 0.487 e. The van der Waals surface area contributed by atoms with Crippen LogP contribution in [0.3, 0.4) is 0 Å². The third-order valence-electron chi connectivity index (χ3n) is 5.24. The molecule has 180 valence electrons. The van der Waals surface area contributed by atoms with Gasteiger partial charge in [-0.15, -0.1) is 0 Å². The van der Waals surface area contributed by atoms with E-state index < -0.39 is 0 Å². The molecular formula is C26H21BrFI2N3O2. The molecule has 0 N–H and O–H groups in total. The van der Waals surface area contributed by atoms with Crippen LogP contribution in [0.25, 0.3) is 10.9 Å². The van der Waals surface area contributed by atoms with Crippen molar-refractivity contribution in [2.45, 2.75) is 32.8 Å². The minimum atomic E-state index is -0.286. The van der Waals surface area contributed by atoms with Gasteiger partial charge in [0.2, 0.25) is 0 Å². The van der Waals surface area contributed by atoms with E-state index in [0.717, 1.165) is 41.3 Å². The van der Waals surface area contributed by atoms with Gasteiger partial charge in [0, 0.05) is 10.9 Å². The van der Waals surface area contributed by atoms with Crippen molar-refractivity contribution in [3.05, 3.63) is 99.3 Å². The number of aromatic nitrogens is 2. The molecule has 4 aromatic rings. The van der Waals surface area contributed by atoms with Crippen molar-refractivity contribution in [3.63, 3.8) is 0 Å². The van der Waals surface area contributed by atoms with E-state index in [1.54, 1.807) is 18.3 Å². The minimum absolute atomic E-state index is 0.196. The molecule has 5 nitrogen and oxygen atoms in total. The van der Waals surface area contributed by atoms with Crippen molar-refractivity contribution in [1.82, 2.24) is 9.66 Å². The van der Waals surface area contributed by atoms with Gasteiger partial charge in [-0.3, -0.25) is 4.79 Å². The number of unbranched alkanes of at least 4 members (excludes halogenated alkanes) is 1. The van der Waals surface area contributed by atoms with Crippen LogP contribution in [0.4, 0.5) is 4.39 Å². The quantitative estimate of drug-likeness (QED) is 0.140. The molecule has 9 heteroatoms. The van der Waals surface area contributed by atoms with Crippen molar-refractivity contribution in [1.29, 1.82) is 0 Å². The molecule has 0 aliphatic carbocycles. The summed E-state index contributed by atoms with van der Waals surface area (Å²) in [5, 5.41) is 5.05. The first-order valence-corrected chi connectivity index (χ1v) is 13.9. The third kappa shape index (κ3) is 6.48. The minimum Gasteiger partial charge on any atom is -0.487 e. The SMILES string of the molecule is CCCCc1nc2ccc(Br)cc2c(=O)n1N=Cc1cc(I)c(OCc2cccc(F)c2)c(I)c1.